The molecule has 0 unspecified atom stereocenters. The van der Waals surface area contributed by atoms with E-state index in [-0.39, 0.29) is 12.3 Å². The largest absolute Gasteiger partial charge is 0.491 e. The van der Waals surface area contributed by atoms with Crippen LogP contribution in [0.25, 0.3) is 16.7 Å². The summed E-state index contributed by atoms with van der Waals surface area (Å²) >= 11 is 0. The Morgan fingerprint density at radius 3 is 2.53 bits per heavy atom. The van der Waals surface area contributed by atoms with Gasteiger partial charge in [0.2, 0.25) is 0 Å². The monoisotopic (exact) mass is 426 g/mol. The molecule has 0 radical (unpaired) electrons. The van der Waals surface area contributed by atoms with Crippen LogP contribution in [0.15, 0.2) is 59.6 Å². The van der Waals surface area contributed by atoms with Crippen LogP contribution in [-0.2, 0) is 9.84 Å². The van der Waals surface area contributed by atoms with Crippen LogP contribution in [0.3, 0.4) is 0 Å². The van der Waals surface area contributed by atoms with Crippen molar-refractivity contribution in [3.8, 4) is 11.4 Å². The lowest BCUT2D eigenvalue weighted by molar-refractivity contribution is 0.0690. The van der Waals surface area contributed by atoms with E-state index in [1.807, 2.05) is 30.3 Å². The molecule has 0 saturated heterocycles. The number of carboxylic acid groups (broad SMARTS) is 1. The number of aromatic nitrogens is 3. The van der Waals surface area contributed by atoms with Crippen molar-refractivity contribution in [3.05, 3.63) is 71.0 Å². The molecule has 0 atom stereocenters. The fourth-order valence-electron chi connectivity index (χ4n) is 3.05. The molecule has 1 N–H and O–H groups in total. The number of aryl methyl sites for hydroxylation is 1. The lowest BCUT2D eigenvalue weighted by Crippen LogP contribution is -2.20. The Hall–Kier alpha value is -3.66. The number of nitrogens with zero attached hydrogens (tertiary/aromatic N) is 4. The molecule has 10 heteroatoms. The van der Waals surface area contributed by atoms with E-state index >= 15 is 0 Å². The number of rotatable bonds is 6. The van der Waals surface area contributed by atoms with E-state index in [9.17, 15) is 18.3 Å². The lowest BCUT2D eigenvalue weighted by atomic mass is 10.2. The van der Waals surface area contributed by atoms with Gasteiger partial charge in [0.15, 0.2) is 21.2 Å². The third-order valence-corrected chi connectivity index (χ3v) is 5.49. The average Bonchev–Trinajstić information content (AvgIpc) is 3.06. The van der Waals surface area contributed by atoms with Crippen LogP contribution in [0.1, 0.15) is 16.2 Å². The summed E-state index contributed by atoms with van der Waals surface area (Å²) in [6.45, 7) is 2.38. The standard InChI is InChI=1S/C20H18N4O5S/c1-14-18-17(29-10-7-23-8-11-30(27,28)12-9-23)13-16(20(25)26)21-19(18)24(22-14)15-5-3-2-4-6-15/h2-6,8-9,11-13H,7,10H2,1H3,(H,25,26). The molecule has 0 fully saturated rings. The number of ether oxygens (including phenoxy) is 1. The number of carbonyl (C=O) groups is 1. The normalized spacial score (nSPS) is 14.9. The Labute approximate surface area is 172 Å². The molecule has 4 rings (SSSR count). The van der Waals surface area contributed by atoms with Gasteiger partial charge in [0.05, 0.1) is 34.1 Å². The maximum atomic E-state index is 11.6. The molecular weight excluding hydrogens is 408 g/mol. The van der Waals surface area contributed by atoms with Crippen molar-refractivity contribution in [1.29, 1.82) is 0 Å². The fraction of sp³-hybridized carbons (Fsp3) is 0.150. The van der Waals surface area contributed by atoms with Crippen LogP contribution < -0.4 is 4.74 Å². The van der Waals surface area contributed by atoms with E-state index in [0.717, 1.165) is 16.5 Å². The molecule has 0 amide bonds. The van der Waals surface area contributed by atoms with Crippen LogP contribution >= 0.6 is 0 Å². The second-order valence-electron chi connectivity index (χ2n) is 6.59. The number of para-hydroxylation sites is 1. The zero-order valence-corrected chi connectivity index (χ0v) is 16.8. The summed E-state index contributed by atoms with van der Waals surface area (Å²) in [5, 5.41) is 16.8. The van der Waals surface area contributed by atoms with Crippen molar-refractivity contribution in [2.75, 3.05) is 13.2 Å². The van der Waals surface area contributed by atoms with Gasteiger partial charge in [-0.15, -0.1) is 0 Å². The molecule has 0 aliphatic carbocycles. The number of hydrogen-bond donors (Lipinski definition) is 1. The van der Waals surface area contributed by atoms with Gasteiger partial charge >= 0.3 is 5.97 Å². The maximum absolute atomic E-state index is 11.6. The lowest BCUT2D eigenvalue weighted by Gasteiger charge is -2.18. The number of carboxylic acids is 1. The molecule has 0 spiro atoms. The highest BCUT2D eigenvalue weighted by Crippen LogP contribution is 2.30. The van der Waals surface area contributed by atoms with Gasteiger partial charge in [-0.2, -0.15) is 5.10 Å². The second kappa shape index (κ2) is 7.64. The van der Waals surface area contributed by atoms with E-state index in [4.69, 9.17) is 4.74 Å². The zero-order valence-electron chi connectivity index (χ0n) is 16.0. The minimum Gasteiger partial charge on any atom is -0.491 e. The first-order chi connectivity index (χ1) is 14.3. The second-order valence-corrected chi connectivity index (χ2v) is 8.31. The van der Waals surface area contributed by atoms with Crippen LogP contribution in [-0.4, -0.2) is 52.3 Å². The molecule has 3 aromatic rings. The van der Waals surface area contributed by atoms with E-state index in [1.165, 1.54) is 18.5 Å². The third kappa shape index (κ3) is 3.90. The Morgan fingerprint density at radius 2 is 1.87 bits per heavy atom. The van der Waals surface area contributed by atoms with Crippen LogP contribution in [0, 0.1) is 6.92 Å². The number of fused-ring (bicyclic) bond motifs is 1. The summed E-state index contributed by atoms with van der Waals surface area (Å²) in [6, 6.07) is 10.7. The Morgan fingerprint density at radius 1 is 1.17 bits per heavy atom. The van der Waals surface area contributed by atoms with E-state index in [2.05, 4.69) is 10.1 Å². The summed E-state index contributed by atoms with van der Waals surface area (Å²) in [4.78, 5) is 17.5. The summed E-state index contributed by atoms with van der Waals surface area (Å²) in [6.07, 6.45) is 2.89. The van der Waals surface area contributed by atoms with Crippen LogP contribution in [0.4, 0.5) is 0 Å². The van der Waals surface area contributed by atoms with Crippen molar-refractivity contribution in [3.63, 3.8) is 0 Å². The van der Waals surface area contributed by atoms with Gasteiger partial charge in [0.25, 0.3) is 0 Å². The highest BCUT2D eigenvalue weighted by atomic mass is 32.2. The van der Waals surface area contributed by atoms with Gasteiger partial charge in [0.1, 0.15) is 12.4 Å². The van der Waals surface area contributed by atoms with Crippen molar-refractivity contribution in [2.24, 2.45) is 0 Å². The molecule has 1 aliphatic heterocycles. The molecule has 3 heterocycles. The maximum Gasteiger partial charge on any atom is 0.354 e. The molecule has 1 aromatic carbocycles. The highest BCUT2D eigenvalue weighted by Gasteiger charge is 2.20. The molecular formula is C20H18N4O5S. The average molecular weight is 426 g/mol. The minimum absolute atomic E-state index is 0.154. The topological polar surface area (TPSA) is 115 Å². The fourth-order valence-corrected chi connectivity index (χ4v) is 3.80. The SMILES string of the molecule is Cc1nn(-c2ccccc2)c2nc(C(=O)O)cc(OCCN3C=CS(=O)(=O)C=C3)c12. The Kier molecular flexibility index (Phi) is 5.00. The quantitative estimate of drug-likeness (QED) is 0.639. The van der Waals surface area contributed by atoms with Gasteiger partial charge < -0.3 is 14.7 Å². The van der Waals surface area contributed by atoms with E-state index < -0.39 is 15.8 Å². The highest BCUT2D eigenvalue weighted by molar-refractivity contribution is 7.97. The first-order valence-electron chi connectivity index (χ1n) is 9.03. The Bertz CT molecular complexity index is 1260. The molecule has 1 aliphatic rings. The smallest absolute Gasteiger partial charge is 0.354 e. The molecule has 9 nitrogen and oxygen atoms in total. The predicted octanol–water partition coefficient (Wildman–Crippen LogP) is 2.48. The number of hydrogen-bond acceptors (Lipinski definition) is 7. The van der Waals surface area contributed by atoms with Gasteiger partial charge in [-0.3, -0.25) is 0 Å². The van der Waals surface area contributed by atoms with Crippen LogP contribution in [0.5, 0.6) is 5.75 Å². The summed E-state index contributed by atoms with van der Waals surface area (Å²) in [5.41, 5.74) is 1.63. The van der Waals surface area contributed by atoms with Gasteiger partial charge in [0, 0.05) is 18.5 Å². The summed E-state index contributed by atoms with van der Waals surface area (Å²) in [5.74, 6) is -0.818. The predicted molar refractivity (Wildman–Crippen MR) is 110 cm³/mol. The van der Waals surface area contributed by atoms with Gasteiger partial charge in [-0.25, -0.2) is 22.9 Å². The first-order valence-corrected chi connectivity index (χ1v) is 10.6. The number of benzene rings is 1. The van der Waals surface area contributed by atoms with E-state index in [0.29, 0.717) is 29.0 Å². The van der Waals surface area contributed by atoms with Crippen LogP contribution in [0.2, 0.25) is 0 Å². The minimum atomic E-state index is -3.29. The number of pyridine rings is 1. The molecule has 30 heavy (non-hydrogen) atoms. The third-order valence-electron chi connectivity index (χ3n) is 4.49. The van der Waals surface area contributed by atoms with Crippen molar-refractivity contribution >= 4 is 26.8 Å². The zero-order chi connectivity index (χ0) is 21.3. The van der Waals surface area contributed by atoms with Gasteiger partial charge in [-0.05, 0) is 19.1 Å². The molecule has 0 saturated carbocycles. The first kappa shape index (κ1) is 19.6. The molecule has 154 valence electrons. The van der Waals surface area contributed by atoms with Crippen molar-refractivity contribution < 1.29 is 23.1 Å². The van der Waals surface area contributed by atoms with Gasteiger partial charge in [-0.1, -0.05) is 18.2 Å². The van der Waals surface area contributed by atoms with Crippen molar-refractivity contribution in [2.45, 2.75) is 6.92 Å². The number of aromatic carboxylic acids is 1. The van der Waals surface area contributed by atoms with Crippen molar-refractivity contribution in [1.82, 2.24) is 19.7 Å². The summed E-state index contributed by atoms with van der Waals surface area (Å²) in [7, 11) is -3.29. The molecule has 0 bridgehead atoms. The summed E-state index contributed by atoms with van der Waals surface area (Å²) < 4.78 is 30.3. The Balaban J connectivity index is 1.66. The van der Waals surface area contributed by atoms with E-state index in [1.54, 1.807) is 16.5 Å². The number of sulfone groups is 1. The molecule has 2 aromatic heterocycles.